The van der Waals surface area contributed by atoms with Gasteiger partial charge in [-0.05, 0) is 70.8 Å². The summed E-state index contributed by atoms with van der Waals surface area (Å²) >= 11 is 0. The first kappa shape index (κ1) is 34.3. The molecule has 0 N–H and O–H groups in total. The summed E-state index contributed by atoms with van der Waals surface area (Å²) in [5.74, 6) is 0. The highest BCUT2D eigenvalue weighted by atomic mass is 19.4. The van der Waals surface area contributed by atoms with E-state index in [0.29, 0.717) is 55.9 Å². The SMILES string of the molecule is FC(F)(F)c1cc(-c2ccccc2-c2cnccc2-c2ccncc2-c2ccccc2-c2cc(C(F)(F)F)nn2-c2ccccc2)n(-c2ccccc2)n1. The lowest BCUT2D eigenvalue weighted by Crippen LogP contribution is -2.07. The molecule has 0 aliphatic carbocycles. The standard InChI is InChI=1S/C42H26F6N6/c43-41(44,45)39-23-37(53(51-39)27-11-3-1-4-12-27)33-17-9-7-15-29(33)35-25-49-21-19-31(35)32-20-22-50-26-36(32)30-16-8-10-18-34(30)38-24-40(42(46,47)48)52-54(38)28-13-5-2-6-14-28/h1-26H. The molecule has 4 aromatic carbocycles. The summed E-state index contributed by atoms with van der Waals surface area (Å²) in [5.41, 5.74) is 3.88. The average Bonchev–Trinajstić information content (AvgIpc) is 3.86. The van der Waals surface area contributed by atoms with E-state index in [1.165, 1.54) is 9.36 Å². The fourth-order valence-electron chi connectivity index (χ4n) is 6.53. The van der Waals surface area contributed by atoms with Crippen LogP contribution in [0.2, 0.25) is 0 Å². The molecule has 8 rings (SSSR count). The van der Waals surface area contributed by atoms with E-state index in [9.17, 15) is 26.3 Å². The largest absolute Gasteiger partial charge is 0.435 e. The van der Waals surface area contributed by atoms with Crippen LogP contribution >= 0.6 is 0 Å². The molecular formula is C42H26F6N6. The van der Waals surface area contributed by atoms with Crippen LogP contribution in [0.15, 0.2) is 158 Å². The van der Waals surface area contributed by atoms with Crippen LogP contribution in [0.25, 0.3) is 67.3 Å². The molecule has 6 nitrogen and oxygen atoms in total. The molecule has 8 aromatic rings. The van der Waals surface area contributed by atoms with Gasteiger partial charge >= 0.3 is 12.4 Å². The van der Waals surface area contributed by atoms with Crippen molar-refractivity contribution in [3.8, 4) is 67.3 Å². The summed E-state index contributed by atoms with van der Waals surface area (Å²) < 4.78 is 87.2. The number of aromatic nitrogens is 6. The van der Waals surface area contributed by atoms with Crippen LogP contribution < -0.4 is 0 Å². The number of alkyl halides is 6. The monoisotopic (exact) mass is 728 g/mol. The molecular weight excluding hydrogens is 702 g/mol. The molecule has 0 atom stereocenters. The third-order valence-corrected chi connectivity index (χ3v) is 8.92. The lowest BCUT2D eigenvalue weighted by atomic mass is 9.88. The predicted octanol–water partition coefficient (Wildman–Crippen LogP) is 11.2. The van der Waals surface area contributed by atoms with E-state index in [4.69, 9.17) is 0 Å². The van der Waals surface area contributed by atoms with Gasteiger partial charge in [-0.1, -0.05) is 84.9 Å². The van der Waals surface area contributed by atoms with Crippen molar-refractivity contribution in [3.05, 3.63) is 170 Å². The minimum Gasteiger partial charge on any atom is -0.264 e. The Balaban J connectivity index is 1.32. The van der Waals surface area contributed by atoms with E-state index < -0.39 is 23.7 Å². The first-order chi connectivity index (χ1) is 26.1. The van der Waals surface area contributed by atoms with Crippen LogP contribution in [0.5, 0.6) is 0 Å². The maximum absolute atomic E-state index is 14.1. The van der Waals surface area contributed by atoms with Crippen molar-refractivity contribution in [3.63, 3.8) is 0 Å². The van der Waals surface area contributed by atoms with E-state index >= 15 is 0 Å². The third kappa shape index (κ3) is 6.42. The highest BCUT2D eigenvalue weighted by molar-refractivity contribution is 5.97. The highest BCUT2D eigenvalue weighted by Crippen LogP contribution is 2.44. The Labute approximate surface area is 304 Å². The highest BCUT2D eigenvalue weighted by Gasteiger charge is 2.37. The zero-order valence-corrected chi connectivity index (χ0v) is 28.0. The second-order valence-corrected chi connectivity index (χ2v) is 12.3. The molecule has 0 saturated heterocycles. The van der Waals surface area contributed by atoms with Gasteiger partial charge in [0, 0.05) is 47.0 Å². The average molecular weight is 729 g/mol. The van der Waals surface area contributed by atoms with Crippen LogP contribution in [0.1, 0.15) is 11.4 Å². The number of benzene rings is 4. The van der Waals surface area contributed by atoms with Crippen LogP contribution in [0.3, 0.4) is 0 Å². The summed E-state index contributed by atoms with van der Waals surface area (Å²) in [6, 6.07) is 36.9. The molecule has 0 spiro atoms. The smallest absolute Gasteiger partial charge is 0.264 e. The van der Waals surface area contributed by atoms with E-state index in [-0.39, 0.29) is 11.4 Å². The number of hydrogen-bond donors (Lipinski definition) is 0. The van der Waals surface area contributed by atoms with E-state index in [0.717, 1.165) is 12.1 Å². The predicted molar refractivity (Wildman–Crippen MR) is 193 cm³/mol. The molecule has 4 aromatic heterocycles. The van der Waals surface area contributed by atoms with Gasteiger partial charge < -0.3 is 0 Å². The Kier molecular flexibility index (Phi) is 8.65. The lowest BCUT2D eigenvalue weighted by Gasteiger charge is -2.18. The maximum Gasteiger partial charge on any atom is 0.435 e. The van der Waals surface area contributed by atoms with Crippen molar-refractivity contribution >= 4 is 0 Å². The minimum absolute atomic E-state index is 0.217. The fraction of sp³-hybridized carbons (Fsp3) is 0.0476. The van der Waals surface area contributed by atoms with Crippen molar-refractivity contribution in [2.75, 3.05) is 0 Å². The van der Waals surface area contributed by atoms with Gasteiger partial charge in [0.15, 0.2) is 11.4 Å². The normalized spacial score (nSPS) is 11.9. The first-order valence-corrected chi connectivity index (χ1v) is 16.6. The Bertz CT molecular complexity index is 2410. The van der Waals surface area contributed by atoms with Crippen LogP contribution in [-0.2, 0) is 12.4 Å². The van der Waals surface area contributed by atoms with Crippen molar-refractivity contribution in [2.24, 2.45) is 0 Å². The molecule has 0 unspecified atom stereocenters. The van der Waals surface area contributed by atoms with Gasteiger partial charge in [0.1, 0.15) is 0 Å². The quantitative estimate of drug-likeness (QED) is 0.153. The molecule has 54 heavy (non-hydrogen) atoms. The Morgan fingerprint density at radius 1 is 0.370 bits per heavy atom. The second-order valence-electron chi connectivity index (χ2n) is 12.3. The zero-order chi connectivity index (χ0) is 37.5. The topological polar surface area (TPSA) is 61.4 Å². The molecule has 0 aliphatic rings. The zero-order valence-electron chi connectivity index (χ0n) is 28.0. The van der Waals surface area contributed by atoms with E-state index in [2.05, 4.69) is 20.2 Å². The summed E-state index contributed by atoms with van der Waals surface area (Å²) in [4.78, 5) is 8.82. The van der Waals surface area contributed by atoms with Crippen LogP contribution in [-0.4, -0.2) is 29.5 Å². The molecule has 266 valence electrons. The van der Waals surface area contributed by atoms with Crippen molar-refractivity contribution in [1.82, 2.24) is 29.5 Å². The molecule has 0 bridgehead atoms. The van der Waals surface area contributed by atoms with Crippen molar-refractivity contribution in [1.29, 1.82) is 0 Å². The van der Waals surface area contributed by atoms with E-state index in [1.807, 2.05) is 0 Å². The fourth-order valence-corrected chi connectivity index (χ4v) is 6.53. The van der Waals surface area contributed by atoms with Gasteiger partial charge in [0.2, 0.25) is 0 Å². The summed E-state index contributed by atoms with van der Waals surface area (Å²) in [5, 5.41) is 7.94. The molecule has 0 aliphatic heterocycles. The Morgan fingerprint density at radius 3 is 1.07 bits per heavy atom. The van der Waals surface area contributed by atoms with Gasteiger partial charge in [0.05, 0.1) is 22.8 Å². The molecule has 0 amide bonds. The van der Waals surface area contributed by atoms with Crippen LogP contribution in [0.4, 0.5) is 26.3 Å². The van der Waals surface area contributed by atoms with Crippen LogP contribution in [0, 0.1) is 0 Å². The lowest BCUT2D eigenvalue weighted by molar-refractivity contribution is -0.142. The molecule has 4 heterocycles. The number of halogens is 6. The Hall–Kier alpha value is -6.82. The van der Waals surface area contributed by atoms with Crippen molar-refractivity contribution in [2.45, 2.75) is 12.4 Å². The number of hydrogen-bond acceptors (Lipinski definition) is 4. The Morgan fingerprint density at radius 2 is 0.704 bits per heavy atom. The minimum atomic E-state index is -4.70. The second kappa shape index (κ2) is 13.6. The third-order valence-electron chi connectivity index (χ3n) is 8.92. The van der Waals surface area contributed by atoms with E-state index in [1.54, 1.807) is 146 Å². The van der Waals surface area contributed by atoms with Gasteiger partial charge in [0.25, 0.3) is 0 Å². The van der Waals surface area contributed by atoms with Gasteiger partial charge in [-0.25, -0.2) is 9.36 Å². The van der Waals surface area contributed by atoms with Crippen molar-refractivity contribution < 1.29 is 26.3 Å². The molecule has 0 saturated carbocycles. The molecule has 0 radical (unpaired) electrons. The maximum atomic E-state index is 14.1. The van der Waals surface area contributed by atoms with Gasteiger partial charge in [-0.15, -0.1) is 0 Å². The summed E-state index contributed by atoms with van der Waals surface area (Å²) in [7, 11) is 0. The summed E-state index contributed by atoms with van der Waals surface area (Å²) in [6.45, 7) is 0. The number of nitrogens with zero attached hydrogens (tertiary/aromatic N) is 6. The van der Waals surface area contributed by atoms with Gasteiger partial charge in [-0.2, -0.15) is 36.5 Å². The molecule has 12 heteroatoms. The number of para-hydroxylation sites is 2. The summed E-state index contributed by atoms with van der Waals surface area (Å²) in [6.07, 6.45) is -2.91. The first-order valence-electron chi connectivity index (χ1n) is 16.6. The number of pyridine rings is 2. The molecule has 0 fully saturated rings. The number of rotatable bonds is 7. The van der Waals surface area contributed by atoms with Gasteiger partial charge in [-0.3, -0.25) is 9.97 Å².